The number of carboxylic acid groups (broad SMARTS) is 1. The number of nitrogens with zero attached hydrogens (tertiary/aromatic N) is 1. The van der Waals surface area contributed by atoms with Crippen molar-refractivity contribution < 1.29 is 14.7 Å². The molecular formula is C14H19NO3. The lowest BCUT2D eigenvalue weighted by atomic mass is 10.0. The number of hydrogen-bond acceptors (Lipinski definition) is 2. The molecular weight excluding hydrogens is 230 g/mol. The molecule has 1 aromatic rings. The fourth-order valence-electron chi connectivity index (χ4n) is 2.06. The molecule has 1 N–H and O–H groups in total. The first kappa shape index (κ1) is 14.2. The van der Waals surface area contributed by atoms with E-state index < -0.39 is 5.97 Å². The smallest absolute Gasteiger partial charge is 0.336 e. The maximum Gasteiger partial charge on any atom is 0.336 e. The summed E-state index contributed by atoms with van der Waals surface area (Å²) in [6, 6.07) is 6.37. The van der Waals surface area contributed by atoms with Gasteiger partial charge in [-0.15, -0.1) is 0 Å². The molecule has 4 nitrogen and oxygen atoms in total. The molecule has 0 saturated carbocycles. The largest absolute Gasteiger partial charge is 0.478 e. The van der Waals surface area contributed by atoms with Gasteiger partial charge < -0.3 is 10.0 Å². The summed E-state index contributed by atoms with van der Waals surface area (Å²) in [4.78, 5) is 25.2. The molecule has 4 heteroatoms. The van der Waals surface area contributed by atoms with E-state index >= 15 is 0 Å². The predicted molar refractivity (Wildman–Crippen MR) is 69.8 cm³/mol. The Labute approximate surface area is 107 Å². The SMILES string of the molecule is CC(C)N(C(=O)c1ccccc1C(=O)O)C(C)C. The third-order valence-electron chi connectivity index (χ3n) is 2.74. The van der Waals surface area contributed by atoms with Gasteiger partial charge in [-0.1, -0.05) is 12.1 Å². The Morgan fingerprint density at radius 2 is 1.44 bits per heavy atom. The lowest BCUT2D eigenvalue weighted by Crippen LogP contribution is -2.42. The third kappa shape index (κ3) is 2.88. The van der Waals surface area contributed by atoms with Crippen molar-refractivity contribution in [1.29, 1.82) is 0 Å². The van der Waals surface area contributed by atoms with Crippen LogP contribution in [0, 0.1) is 0 Å². The summed E-state index contributed by atoms with van der Waals surface area (Å²) >= 11 is 0. The highest BCUT2D eigenvalue weighted by Gasteiger charge is 2.25. The summed E-state index contributed by atoms with van der Waals surface area (Å²) in [5, 5.41) is 9.10. The molecule has 0 spiro atoms. The normalized spacial score (nSPS) is 10.8. The Morgan fingerprint density at radius 1 is 1.00 bits per heavy atom. The molecule has 0 unspecified atom stereocenters. The van der Waals surface area contributed by atoms with Crippen LogP contribution >= 0.6 is 0 Å². The zero-order valence-corrected chi connectivity index (χ0v) is 11.2. The second-order valence-corrected chi connectivity index (χ2v) is 4.75. The van der Waals surface area contributed by atoms with E-state index in [-0.39, 0.29) is 29.1 Å². The number of rotatable bonds is 4. The Morgan fingerprint density at radius 3 is 1.83 bits per heavy atom. The fraction of sp³-hybridized carbons (Fsp3) is 0.429. The molecule has 1 amide bonds. The van der Waals surface area contributed by atoms with E-state index in [0.29, 0.717) is 0 Å². The Balaban J connectivity index is 3.21. The standard InChI is InChI=1S/C14H19NO3/c1-9(2)15(10(3)4)13(16)11-7-5-6-8-12(11)14(17)18/h5-10H,1-4H3,(H,17,18). The van der Waals surface area contributed by atoms with E-state index in [4.69, 9.17) is 5.11 Å². The second-order valence-electron chi connectivity index (χ2n) is 4.75. The molecule has 0 atom stereocenters. The van der Waals surface area contributed by atoms with Crippen molar-refractivity contribution >= 4 is 11.9 Å². The molecule has 0 aromatic heterocycles. The van der Waals surface area contributed by atoms with Crippen LogP contribution in [-0.4, -0.2) is 34.0 Å². The van der Waals surface area contributed by atoms with Gasteiger partial charge in [-0.3, -0.25) is 4.79 Å². The van der Waals surface area contributed by atoms with Crippen LogP contribution in [0.4, 0.5) is 0 Å². The van der Waals surface area contributed by atoms with Gasteiger partial charge in [-0.2, -0.15) is 0 Å². The number of hydrogen-bond donors (Lipinski definition) is 1. The van der Waals surface area contributed by atoms with Crippen molar-refractivity contribution in [2.24, 2.45) is 0 Å². The van der Waals surface area contributed by atoms with Gasteiger partial charge in [-0.05, 0) is 39.8 Å². The van der Waals surface area contributed by atoms with Crippen LogP contribution in [0.15, 0.2) is 24.3 Å². The number of carbonyl (C=O) groups is 2. The van der Waals surface area contributed by atoms with Gasteiger partial charge in [0.2, 0.25) is 0 Å². The fourth-order valence-corrected chi connectivity index (χ4v) is 2.06. The summed E-state index contributed by atoms with van der Waals surface area (Å²) in [6.07, 6.45) is 0. The lowest BCUT2D eigenvalue weighted by molar-refractivity contribution is 0.0619. The summed E-state index contributed by atoms with van der Waals surface area (Å²) in [5.41, 5.74) is 0.293. The quantitative estimate of drug-likeness (QED) is 0.892. The van der Waals surface area contributed by atoms with Crippen molar-refractivity contribution in [2.75, 3.05) is 0 Å². The molecule has 0 saturated heterocycles. The minimum atomic E-state index is -1.08. The van der Waals surface area contributed by atoms with Crippen molar-refractivity contribution in [1.82, 2.24) is 4.90 Å². The van der Waals surface area contributed by atoms with Gasteiger partial charge in [0.25, 0.3) is 5.91 Å². The highest BCUT2D eigenvalue weighted by Crippen LogP contribution is 2.16. The van der Waals surface area contributed by atoms with Crippen molar-refractivity contribution in [2.45, 2.75) is 39.8 Å². The van der Waals surface area contributed by atoms with E-state index in [2.05, 4.69) is 0 Å². The lowest BCUT2D eigenvalue weighted by Gasteiger charge is -2.31. The van der Waals surface area contributed by atoms with E-state index in [1.54, 1.807) is 23.1 Å². The van der Waals surface area contributed by atoms with Gasteiger partial charge in [0, 0.05) is 12.1 Å². The zero-order valence-electron chi connectivity index (χ0n) is 11.2. The minimum absolute atomic E-state index is 0.0272. The molecule has 0 aliphatic rings. The predicted octanol–water partition coefficient (Wildman–Crippen LogP) is 2.64. The molecule has 0 heterocycles. The Kier molecular flexibility index (Phi) is 4.48. The number of carbonyl (C=O) groups excluding carboxylic acids is 1. The van der Waals surface area contributed by atoms with Crippen LogP contribution in [0.2, 0.25) is 0 Å². The van der Waals surface area contributed by atoms with E-state index in [1.165, 1.54) is 6.07 Å². The number of amides is 1. The van der Waals surface area contributed by atoms with Crippen LogP contribution < -0.4 is 0 Å². The first-order chi connectivity index (χ1) is 8.36. The average molecular weight is 249 g/mol. The summed E-state index contributed by atoms with van der Waals surface area (Å²) < 4.78 is 0. The van der Waals surface area contributed by atoms with Gasteiger partial charge in [-0.25, -0.2) is 4.79 Å². The highest BCUT2D eigenvalue weighted by atomic mass is 16.4. The van der Waals surface area contributed by atoms with E-state index in [0.717, 1.165) is 0 Å². The topological polar surface area (TPSA) is 57.6 Å². The van der Waals surface area contributed by atoms with Crippen molar-refractivity contribution in [3.63, 3.8) is 0 Å². The van der Waals surface area contributed by atoms with Crippen LogP contribution in [0.25, 0.3) is 0 Å². The van der Waals surface area contributed by atoms with E-state index in [9.17, 15) is 9.59 Å². The van der Waals surface area contributed by atoms with Gasteiger partial charge in [0.1, 0.15) is 0 Å². The molecule has 98 valence electrons. The Bertz CT molecular complexity index is 444. The monoisotopic (exact) mass is 249 g/mol. The first-order valence-electron chi connectivity index (χ1n) is 6.01. The molecule has 0 fully saturated rings. The zero-order chi connectivity index (χ0) is 13.9. The minimum Gasteiger partial charge on any atom is -0.478 e. The maximum atomic E-state index is 12.4. The van der Waals surface area contributed by atoms with Crippen molar-refractivity contribution in [3.05, 3.63) is 35.4 Å². The molecule has 18 heavy (non-hydrogen) atoms. The first-order valence-corrected chi connectivity index (χ1v) is 6.01. The molecule has 0 radical (unpaired) electrons. The van der Waals surface area contributed by atoms with Gasteiger partial charge in [0.15, 0.2) is 0 Å². The summed E-state index contributed by atoms with van der Waals surface area (Å²) in [7, 11) is 0. The molecule has 1 aromatic carbocycles. The van der Waals surface area contributed by atoms with Crippen LogP contribution in [0.5, 0.6) is 0 Å². The number of carboxylic acids is 1. The van der Waals surface area contributed by atoms with Gasteiger partial charge >= 0.3 is 5.97 Å². The number of aromatic carboxylic acids is 1. The van der Waals surface area contributed by atoms with Crippen LogP contribution in [0.3, 0.4) is 0 Å². The van der Waals surface area contributed by atoms with Crippen LogP contribution in [-0.2, 0) is 0 Å². The van der Waals surface area contributed by atoms with E-state index in [1.807, 2.05) is 27.7 Å². The van der Waals surface area contributed by atoms with Gasteiger partial charge in [0.05, 0.1) is 11.1 Å². The summed E-state index contributed by atoms with van der Waals surface area (Å²) in [5.74, 6) is -1.32. The molecule has 0 bridgehead atoms. The molecule has 0 aliphatic heterocycles. The third-order valence-corrected chi connectivity index (χ3v) is 2.74. The molecule has 1 rings (SSSR count). The molecule has 0 aliphatic carbocycles. The number of benzene rings is 1. The second kappa shape index (κ2) is 5.67. The average Bonchev–Trinajstić information content (AvgIpc) is 2.27. The van der Waals surface area contributed by atoms with Crippen molar-refractivity contribution in [3.8, 4) is 0 Å². The maximum absolute atomic E-state index is 12.4. The van der Waals surface area contributed by atoms with Crippen LogP contribution in [0.1, 0.15) is 48.4 Å². The Hall–Kier alpha value is -1.84. The summed E-state index contributed by atoms with van der Waals surface area (Å²) in [6.45, 7) is 7.67. The highest BCUT2D eigenvalue weighted by molar-refractivity contribution is 6.04.